The van der Waals surface area contributed by atoms with Crippen molar-refractivity contribution in [1.29, 1.82) is 0 Å². The van der Waals surface area contributed by atoms with Crippen molar-refractivity contribution in [2.24, 2.45) is 0 Å². The summed E-state index contributed by atoms with van der Waals surface area (Å²) in [6, 6.07) is 5.08. The van der Waals surface area contributed by atoms with Crippen molar-refractivity contribution in [2.45, 2.75) is 0 Å². The average Bonchev–Trinajstić information content (AvgIpc) is 1.88. The van der Waals surface area contributed by atoms with Crippen LogP contribution in [0.3, 0.4) is 0 Å². The molecule has 5 N–H and O–H groups in total. The lowest BCUT2D eigenvalue weighted by Crippen LogP contribution is -2.18. The number of benzene rings is 1. The molecule has 1 aromatic rings. The molecule has 0 amide bonds. The minimum Gasteiger partial charge on any atom is -0.428 e. The minimum absolute atomic E-state index is 0.255. The van der Waals surface area contributed by atoms with Crippen molar-refractivity contribution in [1.82, 2.24) is 0 Å². The molecule has 0 aromatic heterocycles. The molecule has 0 atom stereocenters. The van der Waals surface area contributed by atoms with Crippen LogP contribution in [0.15, 0.2) is 18.2 Å². The van der Waals surface area contributed by atoms with Crippen LogP contribution < -0.4 is 16.7 Å². The van der Waals surface area contributed by atoms with Gasteiger partial charge in [-0.15, -0.1) is 0 Å². The zero-order chi connectivity index (χ0) is 7.56. The Kier molecular flexibility index (Phi) is 1.93. The molecule has 0 spiro atoms. The molecule has 0 aliphatic carbocycles. The SMILES string of the molecule is Nc1ccc([Si]O)c(N)c1. The second-order valence-electron chi connectivity index (χ2n) is 1.96. The summed E-state index contributed by atoms with van der Waals surface area (Å²) in [5, 5.41) is 0.745. The highest BCUT2D eigenvalue weighted by molar-refractivity contribution is 6.48. The van der Waals surface area contributed by atoms with Crippen molar-refractivity contribution in [3.63, 3.8) is 0 Å². The molecule has 0 saturated carbocycles. The lowest BCUT2D eigenvalue weighted by Gasteiger charge is -2.00. The highest BCUT2D eigenvalue weighted by atomic mass is 28.2. The summed E-state index contributed by atoms with van der Waals surface area (Å²) >= 11 is 0. The van der Waals surface area contributed by atoms with Gasteiger partial charge in [0.25, 0.3) is 9.76 Å². The van der Waals surface area contributed by atoms with Crippen molar-refractivity contribution in [2.75, 3.05) is 11.5 Å². The largest absolute Gasteiger partial charge is 0.428 e. The van der Waals surface area contributed by atoms with Crippen LogP contribution in [0.4, 0.5) is 11.4 Å². The van der Waals surface area contributed by atoms with Crippen LogP contribution in [-0.2, 0) is 0 Å². The molecular weight excluding hydrogens is 144 g/mol. The van der Waals surface area contributed by atoms with E-state index in [1.54, 1.807) is 18.2 Å². The number of nitrogens with two attached hydrogens (primary N) is 2. The Hall–Kier alpha value is -1.00. The third-order valence-electron chi connectivity index (χ3n) is 1.20. The van der Waals surface area contributed by atoms with E-state index in [0.29, 0.717) is 11.4 Å². The Morgan fingerprint density at radius 3 is 2.50 bits per heavy atom. The molecule has 0 heterocycles. The van der Waals surface area contributed by atoms with E-state index in [2.05, 4.69) is 0 Å². The zero-order valence-corrected chi connectivity index (χ0v) is 6.33. The summed E-state index contributed by atoms with van der Waals surface area (Å²) < 4.78 is 0. The standard InChI is InChI=1S/C6H8N2OSi/c7-4-1-2-6(10-9)5(8)3-4/h1-3,9H,7-8H2. The van der Waals surface area contributed by atoms with E-state index in [1.807, 2.05) is 0 Å². The molecule has 3 nitrogen and oxygen atoms in total. The maximum Gasteiger partial charge on any atom is 0.267 e. The van der Waals surface area contributed by atoms with Gasteiger partial charge in [-0.3, -0.25) is 0 Å². The Bertz CT molecular complexity index is 239. The van der Waals surface area contributed by atoms with E-state index < -0.39 is 0 Å². The first kappa shape index (κ1) is 7.11. The zero-order valence-electron chi connectivity index (χ0n) is 5.33. The van der Waals surface area contributed by atoms with Crippen molar-refractivity contribution in [3.05, 3.63) is 18.2 Å². The summed E-state index contributed by atoms with van der Waals surface area (Å²) in [6.45, 7) is 0. The second kappa shape index (κ2) is 2.72. The van der Waals surface area contributed by atoms with E-state index in [-0.39, 0.29) is 9.76 Å². The molecule has 0 unspecified atom stereocenters. The molecule has 4 heteroatoms. The van der Waals surface area contributed by atoms with E-state index in [0.717, 1.165) is 5.19 Å². The highest BCUT2D eigenvalue weighted by Crippen LogP contribution is 2.04. The van der Waals surface area contributed by atoms with Gasteiger partial charge in [0.15, 0.2) is 0 Å². The average molecular weight is 152 g/mol. The Morgan fingerprint density at radius 1 is 1.30 bits per heavy atom. The molecule has 1 rings (SSSR count). The second-order valence-corrected chi connectivity index (χ2v) is 2.72. The Balaban J connectivity index is 3.07. The molecule has 2 radical (unpaired) electrons. The smallest absolute Gasteiger partial charge is 0.267 e. The predicted molar refractivity (Wildman–Crippen MR) is 42.9 cm³/mol. The third kappa shape index (κ3) is 1.28. The fraction of sp³-hybridized carbons (Fsp3) is 0. The van der Waals surface area contributed by atoms with Gasteiger partial charge in [0.1, 0.15) is 0 Å². The number of hydrogen-bond acceptors (Lipinski definition) is 3. The lowest BCUT2D eigenvalue weighted by molar-refractivity contribution is 0.615. The van der Waals surface area contributed by atoms with E-state index >= 15 is 0 Å². The fourth-order valence-corrected chi connectivity index (χ4v) is 1.04. The number of anilines is 2. The van der Waals surface area contributed by atoms with Crippen molar-refractivity contribution >= 4 is 26.3 Å². The molecule has 0 bridgehead atoms. The van der Waals surface area contributed by atoms with Crippen LogP contribution in [-0.4, -0.2) is 14.6 Å². The van der Waals surface area contributed by atoms with Crippen molar-refractivity contribution < 1.29 is 4.80 Å². The fourth-order valence-electron chi connectivity index (χ4n) is 0.683. The van der Waals surface area contributed by atoms with Gasteiger partial charge >= 0.3 is 0 Å². The summed E-state index contributed by atoms with van der Waals surface area (Å²) in [5.74, 6) is 0. The number of hydrogen-bond donors (Lipinski definition) is 3. The molecular formula is C6H8N2OSi. The maximum atomic E-state index is 8.72. The Labute approximate surface area is 61.6 Å². The van der Waals surface area contributed by atoms with Crippen LogP contribution >= 0.6 is 0 Å². The predicted octanol–water partition coefficient (Wildman–Crippen LogP) is -0.912. The summed E-state index contributed by atoms with van der Waals surface area (Å²) in [5.41, 5.74) is 12.1. The van der Waals surface area contributed by atoms with Crippen LogP contribution in [0, 0.1) is 0 Å². The van der Waals surface area contributed by atoms with Crippen LogP contribution in [0.25, 0.3) is 0 Å². The van der Waals surface area contributed by atoms with E-state index in [9.17, 15) is 0 Å². The van der Waals surface area contributed by atoms with Gasteiger partial charge < -0.3 is 16.3 Å². The van der Waals surface area contributed by atoms with Gasteiger partial charge in [-0.2, -0.15) is 0 Å². The van der Waals surface area contributed by atoms with Gasteiger partial charge in [-0.05, 0) is 17.3 Å². The molecule has 0 saturated heterocycles. The summed E-state index contributed by atoms with van der Waals surface area (Å²) in [7, 11) is -0.255. The number of rotatable bonds is 1. The first-order chi connectivity index (χ1) is 4.74. The van der Waals surface area contributed by atoms with E-state index in [4.69, 9.17) is 16.3 Å². The maximum absolute atomic E-state index is 8.72. The van der Waals surface area contributed by atoms with Crippen LogP contribution in [0.1, 0.15) is 0 Å². The summed E-state index contributed by atoms with van der Waals surface area (Å²) in [6.07, 6.45) is 0. The van der Waals surface area contributed by atoms with Gasteiger partial charge in [0.2, 0.25) is 0 Å². The van der Waals surface area contributed by atoms with Crippen molar-refractivity contribution in [3.8, 4) is 0 Å². The van der Waals surface area contributed by atoms with Crippen LogP contribution in [0.2, 0.25) is 0 Å². The molecule has 52 valence electrons. The van der Waals surface area contributed by atoms with Gasteiger partial charge in [-0.1, -0.05) is 6.07 Å². The number of nitrogen functional groups attached to an aromatic ring is 2. The van der Waals surface area contributed by atoms with Gasteiger partial charge in [0, 0.05) is 11.4 Å². The molecule has 1 aromatic carbocycles. The third-order valence-corrected chi connectivity index (χ3v) is 1.89. The van der Waals surface area contributed by atoms with Crippen LogP contribution in [0.5, 0.6) is 0 Å². The quantitative estimate of drug-likeness (QED) is 0.360. The normalized spacial score (nSPS) is 9.70. The lowest BCUT2D eigenvalue weighted by atomic mass is 10.3. The molecule has 0 aliphatic rings. The summed E-state index contributed by atoms with van der Waals surface area (Å²) in [4.78, 5) is 8.72. The topological polar surface area (TPSA) is 72.3 Å². The first-order valence-electron chi connectivity index (χ1n) is 2.79. The Morgan fingerprint density at radius 2 is 2.00 bits per heavy atom. The van der Waals surface area contributed by atoms with E-state index in [1.165, 1.54) is 0 Å². The molecule has 0 aliphatic heterocycles. The minimum atomic E-state index is -0.255. The monoisotopic (exact) mass is 152 g/mol. The highest BCUT2D eigenvalue weighted by Gasteiger charge is 1.97. The molecule has 0 fully saturated rings. The van der Waals surface area contributed by atoms with Gasteiger partial charge in [-0.25, -0.2) is 0 Å². The van der Waals surface area contributed by atoms with Gasteiger partial charge in [0.05, 0.1) is 0 Å². The molecule has 10 heavy (non-hydrogen) atoms. The first-order valence-corrected chi connectivity index (χ1v) is 3.74.